The number of imidazole rings is 1. The first-order valence-corrected chi connectivity index (χ1v) is 11.8. The Hall–Kier alpha value is -2.65. The molecule has 0 atom stereocenters. The molecule has 0 aliphatic carbocycles. The van der Waals surface area contributed by atoms with E-state index in [0.717, 1.165) is 43.3 Å². The van der Waals surface area contributed by atoms with Crippen molar-refractivity contribution in [2.75, 3.05) is 19.6 Å². The number of hydrogen-bond donors (Lipinski definition) is 1. The van der Waals surface area contributed by atoms with E-state index in [-0.39, 0.29) is 10.8 Å². The van der Waals surface area contributed by atoms with Crippen molar-refractivity contribution in [2.24, 2.45) is 7.05 Å². The van der Waals surface area contributed by atoms with Crippen molar-refractivity contribution in [3.05, 3.63) is 48.5 Å². The first-order valence-electron chi connectivity index (χ1n) is 10.3. The molecule has 1 N–H and O–H groups in total. The predicted molar refractivity (Wildman–Crippen MR) is 115 cm³/mol. The highest BCUT2D eigenvalue weighted by Crippen LogP contribution is 2.22. The predicted octanol–water partition coefficient (Wildman–Crippen LogP) is 2.37. The van der Waals surface area contributed by atoms with Crippen molar-refractivity contribution in [2.45, 2.75) is 37.1 Å². The minimum absolute atomic E-state index is 0.182. The van der Waals surface area contributed by atoms with Crippen LogP contribution in [0.3, 0.4) is 0 Å². The molecule has 1 amide bonds. The molecule has 3 heterocycles. The van der Waals surface area contributed by atoms with Gasteiger partial charge in [0.15, 0.2) is 0 Å². The molecule has 3 aromatic rings. The van der Waals surface area contributed by atoms with Gasteiger partial charge in [0.05, 0.1) is 17.4 Å². The van der Waals surface area contributed by atoms with Crippen LogP contribution in [0.5, 0.6) is 0 Å². The molecule has 1 aliphatic rings. The van der Waals surface area contributed by atoms with Crippen molar-refractivity contribution >= 4 is 27.0 Å². The summed E-state index contributed by atoms with van der Waals surface area (Å²) in [6, 6.07) is 9.41. The van der Waals surface area contributed by atoms with Crippen LogP contribution in [0.4, 0.5) is 0 Å². The van der Waals surface area contributed by atoms with Gasteiger partial charge in [-0.05, 0) is 37.5 Å². The largest absolute Gasteiger partial charge is 0.351 e. The number of rotatable bonds is 7. The third-order valence-electron chi connectivity index (χ3n) is 5.55. The molecule has 0 saturated carbocycles. The van der Waals surface area contributed by atoms with Crippen LogP contribution in [0.15, 0.2) is 47.8 Å². The summed E-state index contributed by atoms with van der Waals surface area (Å²) in [5, 5.41) is 2.89. The highest BCUT2D eigenvalue weighted by molar-refractivity contribution is 7.89. The van der Waals surface area contributed by atoms with Gasteiger partial charge in [0.25, 0.3) is 5.91 Å². The maximum absolute atomic E-state index is 12.8. The number of fused-ring (bicyclic) bond motifs is 1. The van der Waals surface area contributed by atoms with Crippen molar-refractivity contribution < 1.29 is 13.2 Å². The van der Waals surface area contributed by atoms with E-state index in [4.69, 9.17) is 0 Å². The lowest BCUT2D eigenvalue weighted by Gasteiger charge is -2.25. The second-order valence-electron chi connectivity index (χ2n) is 7.67. The van der Waals surface area contributed by atoms with Crippen molar-refractivity contribution in [1.29, 1.82) is 0 Å². The third-order valence-corrected chi connectivity index (χ3v) is 7.42. The van der Waals surface area contributed by atoms with Crippen LogP contribution < -0.4 is 5.32 Å². The van der Waals surface area contributed by atoms with Gasteiger partial charge in [-0.3, -0.25) is 4.79 Å². The number of para-hydroxylation sites is 2. The van der Waals surface area contributed by atoms with Gasteiger partial charge in [0, 0.05) is 39.4 Å². The standard InChI is InChI=1S/C21H27N5O3S/c1-24-15-17(30(28,29)26-12-5-2-6-13-26)14-20(24)21(27)22-10-7-11-25-16-23-18-8-3-4-9-19(18)25/h3-4,8-9,14-16H,2,5-7,10-13H2,1H3,(H,22,27). The van der Waals surface area contributed by atoms with Crippen molar-refractivity contribution in [3.63, 3.8) is 0 Å². The van der Waals surface area contributed by atoms with E-state index >= 15 is 0 Å². The summed E-state index contributed by atoms with van der Waals surface area (Å²) >= 11 is 0. The quantitative estimate of drug-likeness (QED) is 0.584. The average Bonchev–Trinajstić information content (AvgIpc) is 3.36. The van der Waals surface area contributed by atoms with E-state index in [1.165, 1.54) is 16.6 Å². The second kappa shape index (κ2) is 8.61. The first-order chi connectivity index (χ1) is 14.5. The lowest BCUT2D eigenvalue weighted by molar-refractivity contribution is 0.0944. The zero-order valence-corrected chi connectivity index (χ0v) is 17.9. The first kappa shape index (κ1) is 20.6. The summed E-state index contributed by atoms with van der Waals surface area (Å²) in [7, 11) is -1.85. The van der Waals surface area contributed by atoms with Gasteiger partial charge >= 0.3 is 0 Å². The summed E-state index contributed by atoms with van der Waals surface area (Å²) in [5.74, 6) is -0.270. The number of carbonyl (C=O) groups excluding carboxylic acids is 1. The molecular weight excluding hydrogens is 402 g/mol. The van der Waals surface area contributed by atoms with Gasteiger partial charge in [-0.2, -0.15) is 4.31 Å². The normalized spacial score (nSPS) is 15.5. The molecule has 1 fully saturated rings. The Bertz CT molecular complexity index is 1140. The Balaban J connectivity index is 1.36. The van der Waals surface area contributed by atoms with Crippen LogP contribution in [0.25, 0.3) is 11.0 Å². The van der Waals surface area contributed by atoms with E-state index < -0.39 is 10.0 Å². The van der Waals surface area contributed by atoms with Crippen LogP contribution in [0, 0.1) is 0 Å². The molecule has 160 valence electrons. The molecule has 1 saturated heterocycles. The summed E-state index contributed by atoms with van der Waals surface area (Å²) in [5.41, 5.74) is 2.37. The zero-order valence-electron chi connectivity index (χ0n) is 17.1. The molecular formula is C21H27N5O3S. The summed E-state index contributed by atoms with van der Waals surface area (Å²) in [6.07, 6.45) is 6.90. The fourth-order valence-corrected chi connectivity index (χ4v) is 5.47. The number of nitrogens with zero attached hydrogens (tertiary/aromatic N) is 4. The molecule has 0 unspecified atom stereocenters. The van der Waals surface area contributed by atoms with Crippen LogP contribution in [-0.4, -0.2) is 52.4 Å². The zero-order chi connectivity index (χ0) is 21.1. The van der Waals surface area contributed by atoms with Crippen LogP contribution in [0.2, 0.25) is 0 Å². The molecule has 4 rings (SSSR count). The molecule has 2 aromatic heterocycles. The molecule has 8 nitrogen and oxygen atoms in total. The number of aryl methyl sites for hydroxylation is 2. The topological polar surface area (TPSA) is 89.2 Å². The van der Waals surface area contributed by atoms with Crippen molar-refractivity contribution in [3.8, 4) is 0 Å². The summed E-state index contributed by atoms with van der Waals surface area (Å²) in [6.45, 7) is 2.32. The minimum atomic E-state index is -3.55. The monoisotopic (exact) mass is 429 g/mol. The highest BCUT2D eigenvalue weighted by atomic mass is 32.2. The SMILES string of the molecule is Cn1cc(S(=O)(=O)N2CCCCC2)cc1C(=O)NCCCn1cnc2ccccc21. The third kappa shape index (κ3) is 4.13. The number of benzene rings is 1. The van der Waals surface area contributed by atoms with E-state index in [1.54, 1.807) is 17.9 Å². The van der Waals surface area contributed by atoms with Crippen LogP contribution in [0.1, 0.15) is 36.2 Å². The van der Waals surface area contributed by atoms with E-state index in [9.17, 15) is 13.2 Å². The second-order valence-corrected chi connectivity index (χ2v) is 9.61. The number of hydrogen-bond acceptors (Lipinski definition) is 4. The van der Waals surface area contributed by atoms with Gasteiger partial charge in [0.2, 0.25) is 10.0 Å². The average molecular weight is 430 g/mol. The van der Waals surface area contributed by atoms with Crippen LogP contribution in [-0.2, 0) is 23.6 Å². The number of carbonyl (C=O) groups is 1. The Morgan fingerprint density at radius 2 is 1.93 bits per heavy atom. The molecule has 0 radical (unpaired) electrons. The van der Waals surface area contributed by atoms with E-state index in [1.807, 2.05) is 24.3 Å². The van der Waals surface area contributed by atoms with Gasteiger partial charge < -0.3 is 14.5 Å². The fourth-order valence-electron chi connectivity index (χ4n) is 3.89. The maximum Gasteiger partial charge on any atom is 0.267 e. The van der Waals surface area contributed by atoms with Gasteiger partial charge in [-0.25, -0.2) is 13.4 Å². The number of nitrogens with one attached hydrogen (secondary N) is 1. The Labute approximate surface area is 176 Å². The van der Waals surface area contributed by atoms with Gasteiger partial charge in [-0.15, -0.1) is 0 Å². The molecule has 1 aromatic carbocycles. The summed E-state index contributed by atoms with van der Waals surface area (Å²) in [4.78, 5) is 17.1. The Kier molecular flexibility index (Phi) is 5.92. The Morgan fingerprint density at radius 1 is 1.17 bits per heavy atom. The minimum Gasteiger partial charge on any atom is -0.351 e. The number of aromatic nitrogens is 3. The number of piperidine rings is 1. The highest BCUT2D eigenvalue weighted by Gasteiger charge is 2.28. The maximum atomic E-state index is 12.8. The van der Waals surface area contributed by atoms with E-state index in [2.05, 4.69) is 14.9 Å². The van der Waals surface area contributed by atoms with Crippen molar-refractivity contribution in [1.82, 2.24) is 23.7 Å². The smallest absolute Gasteiger partial charge is 0.267 e. The van der Waals surface area contributed by atoms with E-state index in [0.29, 0.717) is 25.3 Å². The van der Waals surface area contributed by atoms with Gasteiger partial charge in [-0.1, -0.05) is 18.6 Å². The summed E-state index contributed by atoms with van der Waals surface area (Å²) < 4.78 is 30.9. The number of sulfonamides is 1. The van der Waals surface area contributed by atoms with Gasteiger partial charge in [0.1, 0.15) is 10.6 Å². The molecule has 9 heteroatoms. The van der Waals surface area contributed by atoms with Crippen LogP contribution >= 0.6 is 0 Å². The fraction of sp³-hybridized carbons (Fsp3) is 0.429. The lowest BCUT2D eigenvalue weighted by Crippen LogP contribution is -2.35. The molecule has 30 heavy (non-hydrogen) atoms. The Morgan fingerprint density at radius 3 is 2.73 bits per heavy atom. The lowest BCUT2D eigenvalue weighted by atomic mass is 10.2. The molecule has 0 spiro atoms. The molecule has 1 aliphatic heterocycles. The molecule has 0 bridgehead atoms. The number of amides is 1.